The largest absolute Gasteiger partial charge is 0.490 e. The summed E-state index contributed by atoms with van der Waals surface area (Å²) in [4.78, 5) is 17.0. The number of benzene rings is 1. The van der Waals surface area contributed by atoms with Crippen LogP contribution in [0.5, 0.6) is 5.75 Å². The lowest BCUT2D eigenvalue weighted by molar-refractivity contribution is 0.0928. The van der Waals surface area contributed by atoms with Crippen LogP contribution >= 0.6 is 23.2 Å². The van der Waals surface area contributed by atoms with Crippen LogP contribution < -0.4 is 26.6 Å². The lowest BCUT2D eigenvalue weighted by Gasteiger charge is -2.21. The number of nitrogen functional groups attached to an aromatic ring is 1. The average Bonchev–Trinajstić information content (AvgIpc) is 2.96. The number of hydrazine groups is 1. The van der Waals surface area contributed by atoms with Crippen LogP contribution in [0.3, 0.4) is 0 Å². The number of hydrogen-bond acceptors (Lipinski definition) is 6. The van der Waals surface area contributed by atoms with Crippen LogP contribution in [0.1, 0.15) is 31.1 Å². The minimum Gasteiger partial charge on any atom is -0.490 e. The highest BCUT2D eigenvalue weighted by Crippen LogP contribution is 2.32. The van der Waals surface area contributed by atoms with Crippen LogP contribution in [0.25, 0.3) is 11.3 Å². The molecule has 1 saturated heterocycles. The molecule has 3 unspecified atom stereocenters. The van der Waals surface area contributed by atoms with Gasteiger partial charge in [0.15, 0.2) is 0 Å². The Morgan fingerprint density at radius 2 is 2.07 bits per heavy atom. The molecule has 1 aromatic carbocycles. The topological polar surface area (TPSA) is 101 Å². The summed E-state index contributed by atoms with van der Waals surface area (Å²) < 4.78 is 20.7. The summed E-state index contributed by atoms with van der Waals surface area (Å²) in [6.45, 7) is 5.49. The molecule has 2 heterocycles. The summed E-state index contributed by atoms with van der Waals surface area (Å²) in [6, 6.07) is 5.14. The van der Waals surface area contributed by atoms with Gasteiger partial charge >= 0.3 is 0 Å². The molecule has 1 aliphatic rings. The van der Waals surface area contributed by atoms with E-state index in [0.717, 1.165) is 6.07 Å². The molecule has 0 spiro atoms. The molecule has 1 amide bonds. The van der Waals surface area contributed by atoms with Crippen LogP contribution in [0.2, 0.25) is 5.02 Å². The van der Waals surface area contributed by atoms with Crippen molar-refractivity contribution in [3.05, 3.63) is 40.7 Å². The third-order valence-corrected chi connectivity index (χ3v) is 5.13. The minimum atomic E-state index is -0.640. The first-order valence-corrected chi connectivity index (χ1v) is 9.87. The first kappa shape index (κ1) is 21.6. The molecule has 0 bridgehead atoms. The molecule has 5 N–H and O–H groups in total. The van der Waals surface area contributed by atoms with Gasteiger partial charge in [0.1, 0.15) is 22.9 Å². The minimum absolute atomic E-state index is 0.0600. The Hall–Kier alpha value is -2.13. The molecule has 3 rings (SSSR count). The number of carbonyl (C=O) groups is 1. The fourth-order valence-electron chi connectivity index (χ4n) is 2.96. The summed E-state index contributed by atoms with van der Waals surface area (Å²) >= 11 is 12.1. The molecule has 0 saturated carbocycles. The van der Waals surface area contributed by atoms with Crippen molar-refractivity contribution in [2.24, 2.45) is 0 Å². The maximum Gasteiger partial charge on any atom is 0.255 e. The average molecular weight is 442 g/mol. The van der Waals surface area contributed by atoms with E-state index >= 15 is 0 Å². The molecular weight excluding hydrogens is 420 g/mol. The SMILES string of the molecule is CC(C)Oc1cc(-c2ccc(Cl)c(N)n2)c(F)cc1C(=O)NC1C(C)NNC1Cl. The highest BCUT2D eigenvalue weighted by atomic mass is 35.5. The number of amides is 1. The number of nitrogens with two attached hydrogens (primary N) is 1. The van der Waals surface area contributed by atoms with Crippen molar-refractivity contribution in [3.63, 3.8) is 0 Å². The van der Waals surface area contributed by atoms with Gasteiger partial charge in [-0.25, -0.2) is 14.8 Å². The van der Waals surface area contributed by atoms with E-state index in [9.17, 15) is 9.18 Å². The normalized spacial score (nSPS) is 21.4. The second-order valence-electron chi connectivity index (χ2n) is 7.04. The van der Waals surface area contributed by atoms with Crippen LogP contribution in [0.15, 0.2) is 24.3 Å². The summed E-state index contributed by atoms with van der Waals surface area (Å²) in [5.74, 6) is -0.830. The van der Waals surface area contributed by atoms with Gasteiger partial charge in [0.25, 0.3) is 5.91 Å². The molecule has 7 nitrogen and oxygen atoms in total. The molecule has 156 valence electrons. The number of ether oxygens (including phenoxy) is 1. The van der Waals surface area contributed by atoms with Crippen molar-refractivity contribution >= 4 is 34.9 Å². The van der Waals surface area contributed by atoms with Gasteiger partial charge in [-0.15, -0.1) is 11.6 Å². The Bertz CT molecular complexity index is 918. The summed E-state index contributed by atoms with van der Waals surface area (Å²) in [5.41, 5.74) is 11.5. The first-order chi connectivity index (χ1) is 13.7. The van der Waals surface area contributed by atoms with Gasteiger partial charge in [-0.05, 0) is 45.0 Å². The van der Waals surface area contributed by atoms with E-state index < -0.39 is 23.3 Å². The van der Waals surface area contributed by atoms with Crippen LogP contribution in [-0.4, -0.2) is 34.6 Å². The Kier molecular flexibility index (Phi) is 6.48. The molecule has 0 radical (unpaired) electrons. The van der Waals surface area contributed by atoms with E-state index in [1.165, 1.54) is 12.1 Å². The smallest absolute Gasteiger partial charge is 0.255 e. The molecule has 2 aromatic rings. The van der Waals surface area contributed by atoms with E-state index in [4.69, 9.17) is 33.7 Å². The number of nitrogens with zero attached hydrogens (tertiary/aromatic N) is 1. The maximum absolute atomic E-state index is 14.9. The highest BCUT2D eigenvalue weighted by molar-refractivity contribution is 6.32. The van der Waals surface area contributed by atoms with E-state index in [0.29, 0.717) is 0 Å². The molecule has 1 aliphatic heterocycles. The standard InChI is InChI=1S/C19H22Cl2FN5O2/c1-8(2)29-15-7-10(14-5-4-12(20)18(23)24-14)13(22)6-11(15)19(28)25-16-9(3)26-27-17(16)21/h4-9,16-17,26-27H,1-3H3,(H2,23,24)(H,25,28). The van der Waals surface area contributed by atoms with Crippen LogP contribution in [-0.2, 0) is 0 Å². The predicted molar refractivity (Wildman–Crippen MR) is 111 cm³/mol. The Balaban J connectivity index is 1.99. The Labute approximate surface area is 178 Å². The van der Waals surface area contributed by atoms with Crippen molar-refractivity contribution in [1.82, 2.24) is 21.2 Å². The van der Waals surface area contributed by atoms with Crippen LogP contribution in [0.4, 0.5) is 10.2 Å². The zero-order valence-electron chi connectivity index (χ0n) is 16.1. The van der Waals surface area contributed by atoms with Crippen molar-refractivity contribution in [3.8, 4) is 17.0 Å². The molecule has 0 aliphatic carbocycles. The third kappa shape index (κ3) is 4.72. The highest BCUT2D eigenvalue weighted by Gasteiger charge is 2.33. The fraction of sp³-hybridized carbons (Fsp3) is 0.368. The van der Waals surface area contributed by atoms with Crippen molar-refractivity contribution < 1.29 is 13.9 Å². The number of aromatic nitrogens is 1. The van der Waals surface area contributed by atoms with E-state index in [2.05, 4.69) is 21.2 Å². The lowest BCUT2D eigenvalue weighted by Crippen LogP contribution is -2.45. The monoisotopic (exact) mass is 441 g/mol. The number of hydrogen-bond donors (Lipinski definition) is 4. The quantitative estimate of drug-likeness (QED) is 0.420. The second kappa shape index (κ2) is 8.71. The Morgan fingerprint density at radius 1 is 1.34 bits per heavy atom. The van der Waals surface area contributed by atoms with E-state index in [-0.39, 0.29) is 45.6 Å². The predicted octanol–water partition coefficient (Wildman–Crippen LogP) is 3.07. The molecular formula is C19H22Cl2FN5O2. The van der Waals surface area contributed by atoms with E-state index in [1.807, 2.05) is 20.8 Å². The number of anilines is 1. The zero-order valence-corrected chi connectivity index (χ0v) is 17.6. The summed E-state index contributed by atoms with van der Waals surface area (Å²) in [7, 11) is 0. The number of rotatable bonds is 5. The number of carbonyl (C=O) groups excluding carboxylic acids is 1. The summed E-state index contributed by atoms with van der Waals surface area (Å²) in [6.07, 6.45) is -0.238. The van der Waals surface area contributed by atoms with Gasteiger partial charge in [0, 0.05) is 11.6 Å². The lowest BCUT2D eigenvalue weighted by atomic mass is 10.0. The van der Waals surface area contributed by atoms with Gasteiger partial charge < -0.3 is 15.8 Å². The third-order valence-electron chi connectivity index (χ3n) is 4.43. The van der Waals surface area contributed by atoms with Crippen molar-refractivity contribution in [1.29, 1.82) is 0 Å². The van der Waals surface area contributed by atoms with Gasteiger partial charge in [-0.1, -0.05) is 11.6 Å². The molecule has 10 heteroatoms. The maximum atomic E-state index is 14.9. The van der Waals surface area contributed by atoms with Gasteiger partial charge in [-0.3, -0.25) is 10.2 Å². The van der Waals surface area contributed by atoms with Gasteiger partial charge in [-0.2, -0.15) is 0 Å². The molecule has 1 fully saturated rings. The summed E-state index contributed by atoms with van der Waals surface area (Å²) in [5, 5.41) is 3.09. The fourth-order valence-corrected chi connectivity index (χ4v) is 3.41. The van der Waals surface area contributed by atoms with Gasteiger partial charge in [0.05, 0.1) is 28.4 Å². The van der Waals surface area contributed by atoms with Crippen molar-refractivity contribution in [2.75, 3.05) is 5.73 Å². The molecule has 3 atom stereocenters. The first-order valence-electron chi connectivity index (χ1n) is 9.06. The number of nitrogens with one attached hydrogen (secondary N) is 3. The van der Waals surface area contributed by atoms with Gasteiger partial charge in [0.2, 0.25) is 0 Å². The van der Waals surface area contributed by atoms with E-state index in [1.54, 1.807) is 6.07 Å². The Morgan fingerprint density at radius 3 is 2.66 bits per heavy atom. The zero-order chi connectivity index (χ0) is 21.3. The second-order valence-corrected chi connectivity index (χ2v) is 7.91. The number of pyridine rings is 1. The van der Waals surface area contributed by atoms with Crippen molar-refractivity contribution in [2.45, 2.75) is 44.5 Å². The van der Waals surface area contributed by atoms with Crippen LogP contribution in [0, 0.1) is 5.82 Å². The number of alkyl halides is 1. The number of halogens is 3. The molecule has 1 aromatic heterocycles. The molecule has 29 heavy (non-hydrogen) atoms.